The molecule has 0 unspecified atom stereocenters. The molecule has 9 heteroatoms. The highest BCUT2D eigenvalue weighted by atomic mass is 35.5. The SMILES string of the molecule is O=S(=O)(Oc1ccc(F)cc1Cl)c1cccc(C(F)(F)F)c1. The van der Waals surface area contributed by atoms with Gasteiger partial charge in [-0.25, -0.2) is 4.39 Å². The van der Waals surface area contributed by atoms with Crippen molar-refractivity contribution in [2.45, 2.75) is 11.1 Å². The van der Waals surface area contributed by atoms with Gasteiger partial charge in [-0.05, 0) is 36.4 Å². The van der Waals surface area contributed by atoms with Crippen molar-refractivity contribution in [2.75, 3.05) is 0 Å². The Morgan fingerprint density at radius 1 is 1.05 bits per heavy atom. The van der Waals surface area contributed by atoms with E-state index in [1.165, 1.54) is 0 Å². The van der Waals surface area contributed by atoms with Crippen LogP contribution in [0, 0.1) is 5.82 Å². The lowest BCUT2D eigenvalue weighted by Gasteiger charge is -2.11. The topological polar surface area (TPSA) is 43.4 Å². The smallest absolute Gasteiger partial charge is 0.377 e. The highest BCUT2D eigenvalue weighted by Gasteiger charge is 2.32. The Labute approximate surface area is 128 Å². The molecule has 0 amide bonds. The fraction of sp³-hybridized carbons (Fsp3) is 0.0769. The highest BCUT2D eigenvalue weighted by Crippen LogP contribution is 2.32. The molecule has 0 radical (unpaired) electrons. The zero-order valence-electron chi connectivity index (χ0n) is 10.6. The normalized spacial score (nSPS) is 12.2. The summed E-state index contributed by atoms with van der Waals surface area (Å²) < 4.78 is 79.3. The predicted octanol–water partition coefficient (Wildman–Crippen LogP) is 4.27. The number of hydrogen-bond donors (Lipinski definition) is 0. The fourth-order valence-corrected chi connectivity index (χ4v) is 2.78. The molecule has 0 aliphatic rings. The summed E-state index contributed by atoms with van der Waals surface area (Å²) in [5, 5.41) is -0.324. The molecule has 3 nitrogen and oxygen atoms in total. The Morgan fingerprint density at radius 3 is 2.32 bits per heavy atom. The van der Waals surface area contributed by atoms with Crippen LogP contribution in [0.2, 0.25) is 5.02 Å². The molecule has 0 spiro atoms. The van der Waals surface area contributed by atoms with Gasteiger partial charge in [0.05, 0.1) is 10.6 Å². The lowest BCUT2D eigenvalue weighted by Crippen LogP contribution is -2.12. The Balaban J connectivity index is 2.39. The van der Waals surface area contributed by atoms with Gasteiger partial charge in [-0.2, -0.15) is 21.6 Å². The predicted molar refractivity (Wildman–Crippen MR) is 70.7 cm³/mol. The van der Waals surface area contributed by atoms with E-state index >= 15 is 0 Å². The molecule has 0 heterocycles. The van der Waals surface area contributed by atoms with E-state index in [4.69, 9.17) is 11.6 Å². The third-order valence-corrected chi connectivity index (χ3v) is 4.07. The van der Waals surface area contributed by atoms with E-state index < -0.39 is 32.6 Å². The summed E-state index contributed by atoms with van der Waals surface area (Å²) in [7, 11) is -4.54. The summed E-state index contributed by atoms with van der Waals surface area (Å²) in [5.74, 6) is -1.10. The van der Waals surface area contributed by atoms with Gasteiger partial charge < -0.3 is 4.18 Å². The maximum atomic E-state index is 12.9. The average molecular weight is 355 g/mol. The first kappa shape index (κ1) is 16.6. The van der Waals surface area contributed by atoms with Gasteiger partial charge in [0.2, 0.25) is 0 Å². The average Bonchev–Trinajstić information content (AvgIpc) is 2.41. The molecule has 0 saturated heterocycles. The Bertz CT molecular complexity index is 803. The summed E-state index contributed by atoms with van der Waals surface area (Å²) in [4.78, 5) is -0.692. The third kappa shape index (κ3) is 3.69. The van der Waals surface area contributed by atoms with Crippen molar-refractivity contribution >= 4 is 21.7 Å². The second-order valence-electron chi connectivity index (χ2n) is 4.14. The number of hydrogen-bond acceptors (Lipinski definition) is 3. The van der Waals surface area contributed by atoms with Gasteiger partial charge in [0.15, 0.2) is 5.75 Å². The number of rotatable bonds is 3. The second-order valence-corrected chi connectivity index (χ2v) is 6.09. The van der Waals surface area contributed by atoms with E-state index in [0.717, 1.165) is 36.4 Å². The third-order valence-electron chi connectivity index (χ3n) is 2.54. The van der Waals surface area contributed by atoms with Crippen LogP contribution in [0.4, 0.5) is 17.6 Å². The van der Waals surface area contributed by atoms with Crippen LogP contribution in [0.25, 0.3) is 0 Å². The van der Waals surface area contributed by atoms with E-state index in [0.29, 0.717) is 6.07 Å². The molecule has 0 bridgehead atoms. The molecule has 0 saturated carbocycles. The molecule has 2 rings (SSSR count). The van der Waals surface area contributed by atoms with Gasteiger partial charge in [-0.3, -0.25) is 0 Å². The second kappa shape index (κ2) is 5.77. The fourth-order valence-electron chi connectivity index (χ4n) is 1.54. The van der Waals surface area contributed by atoms with Crippen molar-refractivity contribution in [3.05, 3.63) is 58.9 Å². The zero-order chi connectivity index (χ0) is 16.5. The van der Waals surface area contributed by atoms with Crippen LogP contribution in [0.5, 0.6) is 5.75 Å². The van der Waals surface area contributed by atoms with Crippen LogP contribution < -0.4 is 4.18 Å². The van der Waals surface area contributed by atoms with Crippen molar-refractivity contribution < 1.29 is 30.2 Å². The van der Waals surface area contributed by atoms with Crippen LogP contribution in [0.1, 0.15) is 5.56 Å². The van der Waals surface area contributed by atoms with Crippen LogP contribution in [-0.2, 0) is 16.3 Å². The number of alkyl halides is 3. The lowest BCUT2D eigenvalue weighted by molar-refractivity contribution is -0.137. The van der Waals surface area contributed by atoms with Gasteiger partial charge in [-0.15, -0.1) is 0 Å². The Kier molecular flexibility index (Phi) is 4.35. The van der Waals surface area contributed by atoms with E-state index in [9.17, 15) is 26.0 Å². The van der Waals surface area contributed by atoms with Gasteiger partial charge in [0.1, 0.15) is 10.7 Å². The number of halogens is 5. The summed E-state index contributed by atoms with van der Waals surface area (Å²) in [5.41, 5.74) is -1.14. The monoisotopic (exact) mass is 354 g/mol. The van der Waals surface area contributed by atoms with Crippen LogP contribution in [-0.4, -0.2) is 8.42 Å². The summed E-state index contributed by atoms with van der Waals surface area (Å²) in [6.45, 7) is 0. The van der Waals surface area contributed by atoms with Crippen molar-refractivity contribution in [3.8, 4) is 5.75 Å². The maximum absolute atomic E-state index is 12.9. The van der Waals surface area contributed by atoms with Crippen LogP contribution >= 0.6 is 11.6 Å². The first-order valence-electron chi connectivity index (χ1n) is 5.66. The van der Waals surface area contributed by atoms with E-state index in [1.54, 1.807) is 0 Å². The molecule has 2 aromatic carbocycles. The van der Waals surface area contributed by atoms with Crippen molar-refractivity contribution in [1.82, 2.24) is 0 Å². The largest absolute Gasteiger partial charge is 0.416 e. The molecule has 0 N–H and O–H groups in total. The molecular weight excluding hydrogens is 348 g/mol. The molecule has 0 atom stereocenters. The van der Waals surface area contributed by atoms with Gasteiger partial charge in [0.25, 0.3) is 0 Å². The Hall–Kier alpha value is -1.80. The van der Waals surface area contributed by atoms with Crippen molar-refractivity contribution in [1.29, 1.82) is 0 Å². The molecule has 22 heavy (non-hydrogen) atoms. The van der Waals surface area contributed by atoms with Crippen molar-refractivity contribution in [3.63, 3.8) is 0 Å². The standard InChI is InChI=1S/C13H7ClF4O3S/c14-11-7-9(15)4-5-12(11)21-22(19,20)10-3-1-2-8(6-10)13(16,17)18/h1-7H. The van der Waals surface area contributed by atoms with E-state index in [2.05, 4.69) is 4.18 Å². The minimum atomic E-state index is -4.70. The van der Waals surface area contributed by atoms with Crippen LogP contribution in [0.15, 0.2) is 47.4 Å². The van der Waals surface area contributed by atoms with Crippen molar-refractivity contribution in [2.24, 2.45) is 0 Å². The molecule has 0 aliphatic carbocycles. The molecule has 0 fully saturated rings. The van der Waals surface area contributed by atoms with Crippen LogP contribution in [0.3, 0.4) is 0 Å². The van der Waals surface area contributed by atoms with Gasteiger partial charge in [0, 0.05) is 0 Å². The zero-order valence-corrected chi connectivity index (χ0v) is 12.1. The quantitative estimate of drug-likeness (QED) is 0.611. The highest BCUT2D eigenvalue weighted by molar-refractivity contribution is 7.87. The summed E-state index contributed by atoms with van der Waals surface area (Å²) in [6.07, 6.45) is -4.70. The van der Waals surface area contributed by atoms with E-state index in [1.807, 2.05) is 0 Å². The Morgan fingerprint density at radius 2 is 1.73 bits per heavy atom. The molecule has 118 valence electrons. The molecule has 0 aromatic heterocycles. The minimum absolute atomic E-state index is 0.324. The molecule has 2 aromatic rings. The first-order chi connectivity index (χ1) is 10.1. The summed E-state index contributed by atoms with van der Waals surface area (Å²) >= 11 is 5.62. The first-order valence-corrected chi connectivity index (χ1v) is 7.45. The molecular formula is C13H7ClF4O3S. The number of benzene rings is 2. The van der Waals surface area contributed by atoms with E-state index in [-0.39, 0.29) is 10.8 Å². The molecule has 0 aliphatic heterocycles. The minimum Gasteiger partial charge on any atom is -0.377 e. The van der Waals surface area contributed by atoms with Gasteiger partial charge >= 0.3 is 16.3 Å². The lowest BCUT2D eigenvalue weighted by atomic mass is 10.2. The van der Waals surface area contributed by atoms with Gasteiger partial charge in [-0.1, -0.05) is 17.7 Å². The maximum Gasteiger partial charge on any atom is 0.416 e. The summed E-state index contributed by atoms with van der Waals surface area (Å²) in [6, 6.07) is 5.73.